The van der Waals surface area contributed by atoms with E-state index in [1.165, 1.54) is 5.56 Å². The van der Waals surface area contributed by atoms with Crippen LogP contribution in [0.15, 0.2) is 78.9 Å². The molecule has 0 saturated carbocycles. The van der Waals surface area contributed by atoms with Crippen LogP contribution in [-0.2, 0) is 6.54 Å². The van der Waals surface area contributed by atoms with Gasteiger partial charge in [0.15, 0.2) is 0 Å². The maximum Gasteiger partial charge on any atom is 0.125 e. The van der Waals surface area contributed by atoms with Crippen LogP contribution in [0.1, 0.15) is 23.7 Å². The minimum atomic E-state index is -0.0665. The van der Waals surface area contributed by atoms with E-state index in [4.69, 9.17) is 21.1 Å². The fraction of sp³-hybridized carbons (Fsp3) is 0.333. The molecule has 0 aliphatic carbocycles. The Hall–Kier alpha value is -2.53. The summed E-state index contributed by atoms with van der Waals surface area (Å²) in [6.45, 7) is 6.35. The molecule has 32 heavy (non-hydrogen) atoms. The summed E-state index contributed by atoms with van der Waals surface area (Å²) in [6.07, 6.45) is 0.833. The average Bonchev–Trinajstić information content (AvgIpc) is 2.83. The van der Waals surface area contributed by atoms with Crippen LogP contribution in [0.5, 0.6) is 11.5 Å². The van der Waals surface area contributed by atoms with Gasteiger partial charge in [-0.25, -0.2) is 0 Å². The number of piperazine rings is 1. The van der Waals surface area contributed by atoms with Gasteiger partial charge in [0.2, 0.25) is 0 Å². The Labute approximate surface area is 196 Å². The Morgan fingerprint density at radius 1 is 0.812 bits per heavy atom. The van der Waals surface area contributed by atoms with Crippen molar-refractivity contribution in [3.05, 3.63) is 95.0 Å². The third kappa shape index (κ3) is 6.49. The average molecular weight is 451 g/mol. The first-order valence-corrected chi connectivity index (χ1v) is 11.6. The molecular weight excluding hydrogens is 420 g/mol. The minimum absolute atomic E-state index is 0.0665. The summed E-state index contributed by atoms with van der Waals surface area (Å²) in [6, 6.07) is 26.5. The van der Waals surface area contributed by atoms with Gasteiger partial charge in [-0.1, -0.05) is 60.1 Å². The zero-order valence-electron chi connectivity index (χ0n) is 18.6. The van der Waals surface area contributed by atoms with Crippen LogP contribution in [0.25, 0.3) is 0 Å². The lowest BCUT2D eigenvalue weighted by Gasteiger charge is -2.35. The predicted molar refractivity (Wildman–Crippen MR) is 131 cm³/mol. The molecule has 0 radical (unpaired) electrons. The molecular formula is C27H31ClN2O2. The maximum atomic E-state index is 6.41. The van der Waals surface area contributed by atoms with Crippen molar-refractivity contribution in [1.29, 1.82) is 0 Å². The molecule has 0 amide bonds. The largest absolute Gasteiger partial charge is 0.497 e. The Kier molecular flexibility index (Phi) is 8.05. The first-order chi connectivity index (χ1) is 15.7. The normalized spacial score (nSPS) is 15.9. The van der Waals surface area contributed by atoms with Crippen LogP contribution in [-0.4, -0.2) is 49.6 Å². The smallest absolute Gasteiger partial charge is 0.125 e. The fourth-order valence-electron chi connectivity index (χ4n) is 4.15. The van der Waals surface area contributed by atoms with Crippen molar-refractivity contribution in [3.8, 4) is 11.5 Å². The molecule has 0 aromatic heterocycles. The van der Waals surface area contributed by atoms with E-state index in [0.717, 1.165) is 67.8 Å². The molecule has 3 aromatic carbocycles. The summed E-state index contributed by atoms with van der Waals surface area (Å²) >= 11 is 6.28. The maximum absolute atomic E-state index is 6.41. The number of rotatable bonds is 9. The van der Waals surface area contributed by atoms with Gasteiger partial charge in [-0.2, -0.15) is 0 Å². The highest BCUT2D eigenvalue weighted by molar-refractivity contribution is 6.30. The van der Waals surface area contributed by atoms with E-state index in [0.29, 0.717) is 0 Å². The number of hydrogen-bond donors (Lipinski definition) is 0. The van der Waals surface area contributed by atoms with Crippen molar-refractivity contribution in [1.82, 2.24) is 9.80 Å². The summed E-state index contributed by atoms with van der Waals surface area (Å²) in [5.74, 6) is 1.60. The molecule has 1 saturated heterocycles. The quantitative estimate of drug-likeness (QED) is 0.419. The Morgan fingerprint density at radius 3 is 2.28 bits per heavy atom. The molecule has 0 N–H and O–H groups in total. The molecule has 1 fully saturated rings. The van der Waals surface area contributed by atoms with Gasteiger partial charge in [0.25, 0.3) is 0 Å². The summed E-state index contributed by atoms with van der Waals surface area (Å²) in [5, 5.41) is 0.733. The Morgan fingerprint density at radius 2 is 1.53 bits per heavy atom. The van der Waals surface area contributed by atoms with Crippen LogP contribution in [0, 0.1) is 0 Å². The molecule has 0 bridgehead atoms. The second-order valence-corrected chi connectivity index (χ2v) is 8.67. The minimum Gasteiger partial charge on any atom is -0.497 e. The van der Waals surface area contributed by atoms with E-state index in [1.54, 1.807) is 7.11 Å². The third-order valence-electron chi connectivity index (χ3n) is 5.96. The van der Waals surface area contributed by atoms with Gasteiger partial charge < -0.3 is 14.4 Å². The highest BCUT2D eigenvalue weighted by Gasteiger charge is 2.20. The topological polar surface area (TPSA) is 24.9 Å². The van der Waals surface area contributed by atoms with Crippen LogP contribution in [0.3, 0.4) is 0 Å². The van der Waals surface area contributed by atoms with Crippen LogP contribution in [0.2, 0.25) is 5.02 Å². The van der Waals surface area contributed by atoms with E-state index in [9.17, 15) is 0 Å². The van der Waals surface area contributed by atoms with Gasteiger partial charge in [0.05, 0.1) is 7.11 Å². The van der Waals surface area contributed by atoms with E-state index in [2.05, 4.69) is 46.2 Å². The molecule has 1 unspecified atom stereocenters. The lowest BCUT2D eigenvalue weighted by Crippen LogP contribution is -2.46. The third-order valence-corrected chi connectivity index (χ3v) is 6.20. The molecule has 1 heterocycles. The summed E-state index contributed by atoms with van der Waals surface area (Å²) < 4.78 is 11.8. The molecule has 1 aliphatic rings. The molecule has 4 nitrogen and oxygen atoms in total. The zero-order valence-corrected chi connectivity index (χ0v) is 19.4. The van der Waals surface area contributed by atoms with Crippen LogP contribution < -0.4 is 9.47 Å². The molecule has 1 atom stereocenters. The number of ether oxygens (including phenoxy) is 2. The SMILES string of the molecule is COc1cccc(OC(CCN2CCN(Cc3ccccc3)CC2)c2cccc(Cl)c2)c1. The lowest BCUT2D eigenvalue weighted by atomic mass is 10.1. The second-order valence-electron chi connectivity index (χ2n) is 8.23. The summed E-state index contributed by atoms with van der Waals surface area (Å²) in [5.41, 5.74) is 2.48. The summed E-state index contributed by atoms with van der Waals surface area (Å²) in [7, 11) is 1.67. The van der Waals surface area contributed by atoms with Gasteiger partial charge in [-0.15, -0.1) is 0 Å². The standard InChI is InChI=1S/C27H31ClN2O2/c1-31-25-11-6-12-26(20-25)32-27(23-9-5-10-24(28)19-23)13-14-29-15-17-30(18-16-29)21-22-7-3-2-4-8-22/h2-12,19-20,27H,13-18,21H2,1H3. The van der Waals surface area contributed by atoms with Gasteiger partial charge in [-0.3, -0.25) is 4.90 Å². The van der Waals surface area contributed by atoms with E-state index in [-0.39, 0.29) is 6.10 Å². The van der Waals surface area contributed by atoms with Crippen molar-refractivity contribution < 1.29 is 9.47 Å². The molecule has 168 valence electrons. The Balaban J connectivity index is 1.35. The van der Waals surface area contributed by atoms with Gasteiger partial charge in [0.1, 0.15) is 17.6 Å². The highest BCUT2D eigenvalue weighted by Crippen LogP contribution is 2.29. The van der Waals surface area contributed by atoms with Crippen molar-refractivity contribution in [2.24, 2.45) is 0 Å². The molecule has 4 rings (SSSR count). The van der Waals surface area contributed by atoms with E-state index in [1.807, 2.05) is 42.5 Å². The number of hydrogen-bond acceptors (Lipinski definition) is 4. The monoisotopic (exact) mass is 450 g/mol. The number of benzene rings is 3. The Bertz CT molecular complexity index is 974. The predicted octanol–water partition coefficient (Wildman–Crippen LogP) is 5.68. The highest BCUT2D eigenvalue weighted by atomic mass is 35.5. The van der Waals surface area contributed by atoms with Crippen molar-refractivity contribution in [2.75, 3.05) is 39.8 Å². The molecule has 3 aromatic rings. The number of methoxy groups -OCH3 is 1. The van der Waals surface area contributed by atoms with E-state index < -0.39 is 0 Å². The molecule has 1 aliphatic heterocycles. The molecule has 0 spiro atoms. The van der Waals surface area contributed by atoms with Crippen molar-refractivity contribution >= 4 is 11.6 Å². The zero-order chi connectivity index (χ0) is 22.2. The number of nitrogens with zero attached hydrogens (tertiary/aromatic N) is 2. The van der Waals surface area contributed by atoms with Crippen LogP contribution >= 0.6 is 11.6 Å². The molecule has 5 heteroatoms. The summed E-state index contributed by atoms with van der Waals surface area (Å²) in [4.78, 5) is 5.07. The van der Waals surface area contributed by atoms with E-state index >= 15 is 0 Å². The fourth-order valence-corrected chi connectivity index (χ4v) is 4.35. The first-order valence-electron chi connectivity index (χ1n) is 11.2. The first kappa shape index (κ1) is 22.7. The van der Waals surface area contributed by atoms with Gasteiger partial charge in [-0.05, 0) is 35.4 Å². The van der Waals surface area contributed by atoms with Gasteiger partial charge in [0, 0.05) is 56.8 Å². The van der Waals surface area contributed by atoms with Crippen molar-refractivity contribution in [3.63, 3.8) is 0 Å². The van der Waals surface area contributed by atoms with Crippen molar-refractivity contribution in [2.45, 2.75) is 19.1 Å². The lowest BCUT2D eigenvalue weighted by molar-refractivity contribution is 0.107. The number of halogens is 1. The van der Waals surface area contributed by atoms with Gasteiger partial charge >= 0.3 is 0 Å². The second kappa shape index (κ2) is 11.4. The van der Waals surface area contributed by atoms with Crippen LogP contribution in [0.4, 0.5) is 0 Å².